The van der Waals surface area contributed by atoms with E-state index in [-0.39, 0.29) is 12.0 Å². The largest absolute Gasteiger partial charge is 0.374 e. The lowest BCUT2D eigenvalue weighted by Crippen LogP contribution is -2.48. The molecule has 1 saturated heterocycles. The molecule has 140 valence electrons. The van der Waals surface area contributed by atoms with E-state index in [1.165, 1.54) is 23.3 Å². The number of hydrogen-bond acceptors (Lipinski definition) is 4. The van der Waals surface area contributed by atoms with Crippen LogP contribution in [-0.4, -0.2) is 49.7 Å². The molecule has 2 atom stereocenters. The Hall–Kier alpha value is -0.910. The lowest BCUT2D eigenvalue weighted by atomic mass is 9.87. The summed E-state index contributed by atoms with van der Waals surface area (Å²) in [5.41, 5.74) is 1.41. The lowest BCUT2D eigenvalue weighted by molar-refractivity contribution is -0.0295. The first kappa shape index (κ1) is 18.9. The number of fused-ring (bicyclic) bond motifs is 1. The van der Waals surface area contributed by atoms with Crippen molar-refractivity contribution < 1.29 is 9.53 Å². The molecule has 0 bridgehead atoms. The highest BCUT2D eigenvalue weighted by Crippen LogP contribution is 2.33. The summed E-state index contributed by atoms with van der Waals surface area (Å²) in [6, 6.07) is 2.13. The highest BCUT2D eigenvalue weighted by Gasteiger charge is 2.24. The fourth-order valence-electron chi connectivity index (χ4n) is 3.94. The van der Waals surface area contributed by atoms with Crippen LogP contribution in [0.2, 0.25) is 0 Å². The van der Waals surface area contributed by atoms with Crippen molar-refractivity contribution in [3.8, 4) is 0 Å². The molecule has 0 spiro atoms. The molecule has 1 aromatic rings. The number of amides is 1. The minimum absolute atomic E-state index is 0.0667. The van der Waals surface area contributed by atoms with Crippen molar-refractivity contribution in [1.29, 1.82) is 0 Å². The summed E-state index contributed by atoms with van der Waals surface area (Å²) in [6.45, 7) is 11.1. The summed E-state index contributed by atoms with van der Waals surface area (Å²) >= 11 is 1.69. The fourth-order valence-corrected chi connectivity index (χ4v) is 5.06. The third-order valence-electron chi connectivity index (χ3n) is 5.32. The van der Waals surface area contributed by atoms with Gasteiger partial charge in [-0.1, -0.05) is 27.2 Å². The number of aryl methyl sites for hydroxylation is 1. The lowest BCUT2D eigenvalue weighted by Gasteiger charge is -2.33. The molecule has 25 heavy (non-hydrogen) atoms. The normalized spacial score (nSPS) is 24.3. The van der Waals surface area contributed by atoms with E-state index in [4.69, 9.17) is 4.74 Å². The van der Waals surface area contributed by atoms with Gasteiger partial charge in [-0.05, 0) is 42.7 Å². The van der Waals surface area contributed by atoms with E-state index in [0.717, 1.165) is 49.9 Å². The number of rotatable bonds is 6. The molecule has 1 aromatic heterocycles. The van der Waals surface area contributed by atoms with Crippen LogP contribution in [0.4, 0.5) is 0 Å². The summed E-state index contributed by atoms with van der Waals surface area (Å²) in [5.74, 6) is 1.52. The van der Waals surface area contributed by atoms with E-state index in [1.54, 1.807) is 11.3 Å². The Balaban J connectivity index is 1.50. The van der Waals surface area contributed by atoms with Crippen molar-refractivity contribution in [2.75, 3.05) is 32.8 Å². The molecule has 2 unspecified atom stereocenters. The molecule has 0 aromatic carbocycles. The first-order valence-corrected chi connectivity index (χ1v) is 10.6. The summed E-state index contributed by atoms with van der Waals surface area (Å²) < 4.78 is 5.83. The number of morpholine rings is 1. The molecule has 1 N–H and O–H groups in total. The standard InChI is InChI=1S/C20H32N2O2S/c1-4-15-5-6-18-16(9-15)10-19(25-18)20(23)21-11-17-13-22(7-8-24-17)12-14(2)3/h10,14-15,17H,4-9,11-13H2,1-3H3,(H,21,23). The average molecular weight is 365 g/mol. The molecule has 2 aliphatic rings. The summed E-state index contributed by atoms with van der Waals surface area (Å²) in [5, 5.41) is 3.10. The Kier molecular flexibility index (Phi) is 6.53. The highest BCUT2D eigenvalue weighted by atomic mass is 32.1. The van der Waals surface area contributed by atoms with Crippen LogP contribution in [0.1, 0.15) is 53.7 Å². The van der Waals surface area contributed by atoms with Gasteiger partial charge >= 0.3 is 0 Å². The van der Waals surface area contributed by atoms with Crippen LogP contribution in [0.25, 0.3) is 0 Å². The van der Waals surface area contributed by atoms with Crippen LogP contribution >= 0.6 is 11.3 Å². The maximum absolute atomic E-state index is 12.5. The highest BCUT2D eigenvalue weighted by molar-refractivity contribution is 7.14. The second-order valence-corrected chi connectivity index (χ2v) is 9.07. The molecule has 1 fully saturated rings. The number of nitrogens with zero attached hydrogens (tertiary/aromatic N) is 1. The second kappa shape index (κ2) is 8.65. The third kappa shape index (κ3) is 5.05. The molecule has 1 aliphatic heterocycles. The predicted molar refractivity (Wildman–Crippen MR) is 103 cm³/mol. The van der Waals surface area contributed by atoms with Crippen LogP contribution in [-0.2, 0) is 17.6 Å². The van der Waals surface area contributed by atoms with Crippen molar-refractivity contribution in [2.24, 2.45) is 11.8 Å². The summed E-state index contributed by atoms with van der Waals surface area (Å²) in [6.07, 6.45) is 4.90. The molecule has 0 radical (unpaired) electrons. The van der Waals surface area contributed by atoms with E-state index in [1.807, 2.05) is 0 Å². The van der Waals surface area contributed by atoms with Gasteiger partial charge in [0.15, 0.2) is 0 Å². The molecule has 3 rings (SSSR count). The van der Waals surface area contributed by atoms with Gasteiger partial charge in [-0.2, -0.15) is 0 Å². The van der Waals surface area contributed by atoms with Crippen LogP contribution in [0.15, 0.2) is 6.07 Å². The molecular weight excluding hydrogens is 332 g/mol. The van der Waals surface area contributed by atoms with Crippen molar-refractivity contribution in [2.45, 2.75) is 52.6 Å². The van der Waals surface area contributed by atoms with E-state index >= 15 is 0 Å². The van der Waals surface area contributed by atoms with Crippen molar-refractivity contribution >= 4 is 17.2 Å². The monoisotopic (exact) mass is 364 g/mol. The molecule has 0 saturated carbocycles. The van der Waals surface area contributed by atoms with Crippen molar-refractivity contribution in [1.82, 2.24) is 10.2 Å². The molecule has 4 nitrogen and oxygen atoms in total. The van der Waals surface area contributed by atoms with Crippen molar-refractivity contribution in [3.05, 3.63) is 21.4 Å². The third-order valence-corrected chi connectivity index (χ3v) is 6.56. The van der Waals surface area contributed by atoms with E-state index in [2.05, 4.69) is 37.1 Å². The van der Waals surface area contributed by atoms with Gasteiger partial charge in [-0.25, -0.2) is 0 Å². The van der Waals surface area contributed by atoms with Gasteiger partial charge in [-0.3, -0.25) is 9.69 Å². The Labute approximate surface area is 155 Å². The van der Waals surface area contributed by atoms with Crippen LogP contribution in [0.5, 0.6) is 0 Å². The first-order chi connectivity index (χ1) is 12.0. The van der Waals surface area contributed by atoms with Gasteiger partial charge in [0, 0.05) is 31.1 Å². The Morgan fingerprint density at radius 2 is 2.32 bits per heavy atom. The van der Waals surface area contributed by atoms with Gasteiger partial charge in [0.05, 0.1) is 17.6 Å². The van der Waals surface area contributed by atoms with Gasteiger partial charge in [0.1, 0.15) is 0 Å². The quantitative estimate of drug-likeness (QED) is 0.842. The Morgan fingerprint density at radius 1 is 1.48 bits per heavy atom. The van der Waals surface area contributed by atoms with Gasteiger partial charge < -0.3 is 10.1 Å². The second-order valence-electron chi connectivity index (χ2n) is 7.93. The number of carbonyl (C=O) groups excluding carboxylic acids is 1. The number of thiophene rings is 1. The molecular formula is C20H32N2O2S. The molecule has 1 amide bonds. The van der Waals surface area contributed by atoms with Crippen molar-refractivity contribution in [3.63, 3.8) is 0 Å². The summed E-state index contributed by atoms with van der Waals surface area (Å²) in [7, 11) is 0. The zero-order valence-corrected chi connectivity index (χ0v) is 16.7. The minimum atomic E-state index is 0.0667. The predicted octanol–water partition coefficient (Wildman–Crippen LogP) is 3.35. The average Bonchev–Trinajstić information content (AvgIpc) is 3.02. The van der Waals surface area contributed by atoms with Crippen LogP contribution in [0.3, 0.4) is 0 Å². The topological polar surface area (TPSA) is 41.6 Å². The Bertz CT molecular complexity index is 584. The first-order valence-electron chi connectivity index (χ1n) is 9.78. The number of carbonyl (C=O) groups is 1. The van der Waals surface area contributed by atoms with Gasteiger partial charge in [0.2, 0.25) is 0 Å². The minimum Gasteiger partial charge on any atom is -0.374 e. The number of nitrogens with one attached hydrogen (secondary N) is 1. The maximum Gasteiger partial charge on any atom is 0.261 e. The van der Waals surface area contributed by atoms with E-state index in [0.29, 0.717) is 12.5 Å². The van der Waals surface area contributed by atoms with Crippen LogP contribution < -0.4 is 5.32 Å². The van der Waals surface area contributed by atoms with E-state index < -0.39 is 0 Å². The maximum atomic E-state index is 12.5. The SMILES string of the molecule is CCC1CCc2sc(C(=O)NCC3CN(CC(C)C)CCO3)cc2C1. The van der Waals surface area contributed by atoms with Gasteiger partial charge in [-0.15, -0.1) is 11.3 Å². The smallest absolute Gasteiger partial charge is 0.261 e. The molecule has 5 heteroatoms. The Morgan fingerprint density at radius 3 is 3.08 bits per heavy atom. The fraction of sp³-hybridized carbons (Fsp3) is 0.750. The van der Waals surface area contributed by atoms with Crippen LogP contribution in [0, 0.1) is 11.8 Å². The van der Waals surface area contributed by atoms with E-state index in [9.17, 15) is 4.79 Å². The zero-order chi connectivity index (χ0) is 17.8. The van der Waals surface area contributed by atoms with Gasteiger partial charge in [0.25, 0.3) is 5.91 Å². The molecule has 2 heterocycles. The zero-order valence-electron chi connectivity index (χ0n) is 15.8. The molecule has 1 aliphatic carbocycles. The summed E-state index contributed by atoms with van der Waals surface area (Å²) in [4.78, 5) is 17.3. The number of ether oxygens (including phenoxy) is 1. The number of hydrogen-bond donors (Lipinski definition) is 1.